The van der Waals surface area contributed by atoms with Crippen LogP contribution >= 0.6 is 11.8 Å². The lowest BCUT2D eigenvalue weighted by molar-refractivity contribution is 0.171. The van der Waals surface area contributed by atoms with Crippen molar-refractivity contribution >= 4 is 11.8 Å². The number of benzene rings is 1. The number of aliphatic hydroxyl groups is 1. The van der Waals surface area contributed by atoms with Gasteiger partial charge in [0.1, 0.15) is 0 Å². The van der Waals surface area contributed by atoms with Crippen LogP contribution in [0.1, 0.15) is 37.3 Å². The molecule has 0 aliphatic heterocycles. The summed E-state index contributed by atoms with van der Waals surface area (Å²) in [6.07, 6.45) is 3.41. The van der Waals surface area contributed by atoms with Gasteiger partial charge in [0.2, 0.25) is 0 Å². The lowest BCUT2D eigenvalue weighted by Crippen LogP contribution is -2.43. The van der Waals surface area contributed by atoms with E-state index < -0.39 is 0 Å². The number of likely N-dealkylation sites (N-methyl/N-ethyl adjacent to an activating group) is 1. The molecule has 0 aromatic heterocycles. The second-order valence-corrected chi connectivity index (χ2v) is 6.57. The Balaban J connectivity index is 2.12. The van der Waals surface area contributed by atoms with Crippen LogP contribution < -0.4 is 5.32 Å². The number of aliphatic hydroxyl groups excluding tert-OH is 1. The largest absolute Gasteiger partial charge is 0.394 e. The van der Waals surface area contributed by atoms with E-state index in [0.717, 1.165) is 12.2 Å². The summed E-state index contributed by atoms with van der Waals surface area (Å²) in [7, 11) is 1.92. The second kappa shape index (κ2) is 8.62. The fraction of sp³-hybridized carbons (Fsp3) is 0.625. The van der Waals surface area contributed by atoms with E-state index in [-0.39, 0.29) is 12.1 Å². The number of hydrogen-bond acceptors (Lipinski definition) is 3. The predicted octanol–water partition coefficient (Wildman–Crippen LogP) is 3.37. The Kier molecular flexibility index (Phi) is 7.51. The van der Waals surface area contributed by atoms with Crippen LogP contribution in [0.15, 0.2) is 24.3 Å². The van der Waals surface area contributed by atoms with E-state index in [0.29, 0.717) is 0 Å². The maximum Gasteiger partial charge on any atom is 0.0610 e. The molecule has 0 amide bonds. The van der Waals surface area contributed by atoms with Crippen molar-refractivity contribution in [2.24, 2.45) is 0 Å². The van der Waals surface area contributed by atoms with Crippen LogP contribution in [-0.2, 0) is 5.75 Å². The Labute approximate surface area is 122 Å². The van der Waals surface area contributed by atoms with Crippen LogP contribution in [0.5, 0.6) is 0 Å². The average Bonchev–Trinajstić information content (AvgIpc) is 2.42. The van der Waals surface area contributed by atoms with Crippen molar-refractivity contribution in [3.63, 3.8) is 0 Å². The van der Waals surface area contributed by atoms with Gasteiger partial charge >= 0.3 is 0 Å². The summed E-state index contributed by atoms with van der Waals surface area (Å²) >= 11 is 2.00. The third-order valence-corrected chi connectivity index (χ3v) is 4.69. The van der Waals surface area contributed by atoms with Crippen molar-refractivity contribution in [3.05, 3.63) is 35.4 Å². The van der Waals surface area contributed by atoms with E-state index in [9.17, 15) is 5.11 Å². The zero-order chi connectivity index (χ0) is 14.1. The van der Waals surface area contributed by atoms with Crippen molar-refractivity contribution in [3.8, 4) is 0 Å². The summed E-state index contributed by atoms with van der Waals surface area (Å²) in [4.78, 5) is 0. The monoisotopic (exact) mass is 281 g/mol. The van der Waals surface area contributed by atoms with E-state index in [1.54, 1.807) is 0 Å². The Bertz CT molecular complexity index is 364. The van der Waals surface area contributed by atoms with Crippen molar-refractivity contribution < 1.29 is 5.11 Å². The van der Waals surface area contributed by atoms with Gasteiger partial charge in [-0.1, -0.05) is 36.2 Å². The van der Waals surface area contributed by atoms with Gasteiger partial charge in [0.05, 0.1) is 6.61 Å². The minimum absolute atomic E-state index is 0.110. The molecule has 0 saturated carbocycles. The molecular weight excluding hydrogens is 254 g/mol. The molecule has 1 rings (SSSR count). The molecule has 0 bridgehead atoms. The van der Waals surface area contributed by atoms with Crippen LogP contribution in [-0.4, -0.2) is 30.1 Å². The van der Waals surface area contributed by atoms with E-state index in [1.807, 2.05) is 18.8 Å². The third kappa shape index (κ3) is 6.46. The highest BCUT2D eigenvalue weighted by molar-refractivity contribution is 7.98. The number of unbranched alkanes of at least 4 members (excludes halogenated alkanes) is 1. The minimum Gasteiger partial charge on any atom is -0.394 e. The highest BCUT2D eigenvalue weighted by Gasteiger charge is 2.19. The smallest absolute Gasteiger partial charge is 0.0610 e. The van der Waals surface area contributed by atoms with Gasteiger partial charge in [0.15, 0.2) is 0 Å². The molecule has 0 saturated heterocycles. The van der Waals surface area contributed by atoms with Gasteiger partial charge in [-0.3, -0.25) is 0 Å². The summed E-state index contributed by atoms with van der Waals surface area (Å²) < 4.78 is 0. The van der Waals surface area contributed by atoms with Crippen molar-refractivity contribution in [1.29, 1.82) is 0 Å². The Morgan fingerprint density at radius 2 is 2.11 bits per heavy atom. The highest BCUT2D eigenvalue weighted by atomic mass is 32.2. The first-order valence-corrected chi connectivity index (χ1v) is 8.18. The average molecular weight is 281 g/mol. The number of nitrogens with one attached hydrogen (secondary N) is 1. The molecule has 0 fully saturated rings. The van der Waals surface area contributed by atoms with Gasteiger partial charge < -0.3 is 10.4 Å². The van der Waals surface area contributed by atoms with E-state index >= 15 is 0 Å². The molecule has 2 nitrogen and oxygen atoms in total. The molecule has 1 unspecified atom stereocenters. The maximum absolute atomic E-state index is 9.29. The lowest BCUT2D eigenvalue weighted by atomic mass is 9.96. The number of hydrogen-bond donors (Lipinski definition) is 2. The summed E-state index contributed by atoms with van der Waals surface area (Å²) in [5.41, 5.74) is 2.65. The van der Waals surface area contributed by atoms with E-state index in [4.69, 9.17) is 0 Å². The quantitative estimate of drug-likeness (QED) is 0.681. The van der Waals surface area contributed by atoms with E-state index in [1.165, 1.54) is 29.7 Å². The van der Waals surface area contributed by atoms with Gasteiger partial charge in [0, 0.05) is 11.3 Å². The zero-order valence-electron chi connectivity index (χ0n) is 12.4. The van der Waals surface area contributed by atoms with Crippen molar-refractivity contribution in [2.75, 3.05) is 19.4 Å². The Morgan fingerprint density at radius 3 is 2.74 bits per heavy atom. The normalized spacial score (nSPS) is 14.3. The van der Waals surface area contributed by atoms with Gasteiger partial charge in [0.25, 0.3) is 0 Å². The molecule has 108 valence electrons. The molecule has 0 aliphatic carbocycles. The molecule has 1 aromatic rings. The topological polar surface area (TPSA) is 32.3 Å². The SMILES string of the molecule is CNC(C)(CO)CCCCSCc1cccc(C)c1. The van der Waals surface area contributed by atoms with Crippen LogP contribution in [0.25, 0.3) is 0 Å². The number of aryl methyl sites for hydroxylation is 1. The fourth-order valence-corrected chi connectivity index (χ4v) is 2.96. The molecule has 0 aliphatic rings. The van der Waals surface area contributed by atoms with Crippen molar-refractivity contribution in [1.82, 2.24) is 5.32 Å². The Morgan fingerprint density at radius 1 is 1.32 bits per heavy atom. The summed E-state index contributed by atoms with van der Waals surface area (Å²) in [6.45, 7) is 4.43. The van der Waals surface area contributed by atoms with Gasteiger partial charge in [-0.15, -0.1) is 0 Å². The van der Waals surface area contributed by atoms with Crippen LogP contribution in [0, 0.1) is 6.92 Å². The van der Waals surface area contributed by atoms with Crippen LogP contribution in [0.4, 0.5) is 0 Å². The predicted molar refractivity (Wildman–Crippen MR) is 85.7 cm³/mol. The van der Waals surface area contributed by atoms with Gasteiger partial charge in [-0.05, 0) is 45.1 Å². The summed E-state index contributed by atoms with van der Waals surface area (Å²) in [6, 6.07) is 8.73. The third-order valence-electron chi connectivity index (χ3n) is 3.57. The second-order valence-electron chi connectivity index (χ2n) is 5.47. The summed E-state index contributed by atoms with van der Waals surface area (Å²) in [5, 5.41) is 12.5. The molecule has 0 spiro atoms. The van der Waals surface area contributed by atoms with E-state index in [2.05, 4.69) is 43.4 Å². The standard InChI is InChI=1S/C16H27NOS/c1-14-7-6-8-15(11-14)12-19-10-5-4-9-16(2,13-18)17-3/h6-8,11,17-18H,4-5,9-10,12-13H2,1-3H3. The van der Waals surface area contributed by atoms with Gasteiger partial charge in [-0.2, -0.15) is 11.8 Å². The number of rotatable bonds is 9. The van der Waals surface area contributed by atoms with Crippen LogP contribution in [0.3, 0.4) is 0 Å². The first-order chi connectivity index (χ1) is 9.09. The molecule has 2 N–H and O–H groups in total. The molecule has 1 atom stereocenters. The first-order valence-electron chi connectivity index (χ1n) is 7.03. The number of thioether (sulfide) groups is 1. The fourth-order valence-electron chi connectivity index (χ4n) is 1.99. The van der Waals surface area contributed by atoms with Crippen molar-refractivity contribution in [2.45, 2.75) is 44.4 Å². The highest BCUT2D eigenvalue weighted by Crippen LogP contribution is 2.17. The minimum atomic E-state index is -0.110. The molecular formula is C16H27NOS. The molecule has 0 heterocycles. The zero-order valence-corrected chi connectivity index (χ0v) is 13.2. The Hall–Kier alpha value is -0.510. The maximum atomic E-state index is 9.29. The molecule has 1 aromatic carbocycles. The molecule has 0 radical (unpaired) electrons. The van der Waals surface area contributed by atoms with Crippen LogP contribution in [0.2, 0.25) is 0 Å². The first kappa shape index (κ1) is 16.5. The summed E-state index contributed by atoms with van der Waals surface area (Å²) in [5.74, 6) is 2.30. The van der Waals surface area contributed by atoms with Gasteiger partial charge in [-0.25, -0.2) is 0 Å². The molecule has 3 heteroatoms. The molecule has 19 heavy (non-hydrogen) atoms. The lowest BCUT2D eigenvalue weighted by Gasteiger charge is -2.26.